The average molecular weight is 642 g/mol. The topological polar surface area (TPSA) is 186 Å². The number of likely N-dealkylation sites (tertiary alicyclic amines) is 2. The molecule has 0 saturated carbocycles. The molecule has 0 unspecified atom stereocenters. The van der Waals surface area contributed by atoms with Crippen molar-refractivity contribution in [3.63, 3.8) is 0 Å². The van der Waals surface area contributed by atoms with Crippen LogP contribution in [0, 0.1) is 16.7 Å². The highest BCUT2D eigenvalue weighted by atomic mass is 16.5. The van der Waals surface area contributed by atoms with Crippen molar-refractivity contribution >= 4 is 30.3 Å². The quantitative estimate of drug-likeness (QED) is 0.208. The minimum atomic E-state index is -1.37. The summed E-state index contributed by atoms with van der Waals surface area (Å²) >= 11 is 0. The molecule has 13 nitrogen and oxygen atoms in total. The molecule has 2 amide bonds. The normalized spacial score (nSPS) is 19.2. The lowest BCUT2D eigenvalue weighted by Crippen LogP contribution is -2.48. The number of carbonyl (C=O) groups excluding carboxylic acids is 2. The van der Waals surface area contributed by atoms with Gasteiger partial charge in [-0.3, -0.25) is 25.0 Å². The van der Waals surface area contributed by atoms with Crippen molar-refractivity contribution in [3.8, 4) is 6.07 Å². The van der Waals surface area contributed by atoms with Gasteiger partial charge in [0.05, 0.1) is 41.9 Å². The van der Waals surface area contributed by atoms with E-state index in [1.54, 1.807) is 54.9 Å². The van der Waals surface area contributed by atoms with Crippen molar-refractivity contribution < 1.29 is 19.8 Å². The monoisotopic (exact) mass is 641 g/mol. The number of carbonyl (C=O) groups is 2. The maximum Gasteiger partial charge on any atom is 0.253 e. The zero-order chi connectivity index (χ0) is 33.6. The van der Waals surface area contributed by atoms with Crippen LogP contribution >= 0.6 is 0 Å². The zero-order valence-electron chi connectivity index (χ0n) is 26.8. The van der Waals surface area contributed by atoms with E-state index in [4.69, 9.17) is 31.6 Å². The number of nitrogens with two attached hydrogens (primary N) is 1. The third-order valence-corrected chi connectivity index (χ3v) is 9.46. The first kappa shape index (κ1) is 33.6. The lowest BCUT2D eigenvalue weighted by Gasteiger charge is -2.38. The highest BCUT2D eigenvalue weighted by Crippen LogP contribution is 2.32. The Morgan fingerprint density at radius 2 is 1.26 bits per heavy atom. The molecule has 0 atom stereocenters. The highest BCUT2D eigenvalue weighted by Gasteiger charge is 2.40. The number of amides is 2. The molecule has 2 aromatic carbocycles. The van der Waals surface area contributed by atoms with Crippen molar-refractivity contribution in [3.05, 3.63) is 70.8 Å². The van der Waals surface area contributed by atoms with Gasteiger partial charge in [0, 0.05) is 62.5 Å². The van der Waals surface area contributed by atoms with Crippen molar-refractivity contribution in [2.24, 2.45) is 15.7 Å². The summed E-state index contributed by atoms with van der Waals surface area (Å²) in [7, 11) is 0. The Kier molecular flexibility index (Phi) is 10.2. The molecular weight excluding hydrogens is 598 g/mol. The third-order valence-electron chi connectivity index (χ3n) is 9.46. The van der Waals surface area contributed by atoms with Crippen LogP contribution in [0.15, 0.2) is 58.5 Å². The van der Waals surface area contributed by atoms with Crippen LogP contribution in [0.2, 0.25) is 0 Å². The molecule has 2 aromatic rings. The van der Waals surface area contributed by atoms with Gasteiger partial charge in [-0.25, -0.2) is 0 Å². The largest absolute Gasteiger partial charge is 0.384 e. The molecule has 2 spiro atoms. The van der Waals surface area contributed by atoms with E-state index in [0.717, 1.165) is 51.9 Å². The number of hydrogen-bond acceptors (Lipinski definition) is 10. The van der Waals surface area contributed by atoms with Crippen molar-refractivity contribution in [2.45, 2.75) is 50.0 Å². The van der Waals surface area contributed by atoms with E-state index < -0.39 is 6.29 Å². The summed E-state index contributed by atoms with van der Waals surface area (Å²) in [5, 5.41) is 34.4. The number of likely N-dealkylation sites (N-methyl/N-ethyl adjacent to an activating group) is 1. The Morgan fingerprint density at radius 1 is 0.830 bits per heavy atom. The van der Waals surface area contributed by atoms with Crippen LogP contribution in [0.1, 0.15) is 64.4 Å². The predicted octanol–water partition coefficient (Wildman–Crippen LogP) is 1.50. The van der Waals surface area contributed by atoms with Crippen molar-refractivity contribution in [1.29, 1.82) is 10.7 Å². The first-order valence-corrected chi connectivity index (χ1v) is 16.0. The van der Waals surface area contributed by atoms with Gasteiger partial charge in [0.25, 0.3) is 11.8 Å². The summed E-state index contributed by atoms with van der Waals surface area (Å²) in [6.07, 6.45) is 5.60. The number of aliphatic hydroxyl groups excluding tert-OH is 1. The van der Waals surface area contributed by atoms with Crippen molar-refractivity contribution in [2.75, 3.05) is 52.4 Å². The van der Waals surface area contributed by atoms with Crippen LogP contribution in [0.25, 0.3) is 0 Å². The first-order valence-electron chi connectivity index (χ1n) is 16.0. The fraction of sp³-hybridized carbons (Fsp3) is 0.471. The van der Waals surface area contributed by atoms with Crippen LogP contribution in [0.4, 0.5) is 0 Å². The summed E-state index contributed by atoms with van der Waals surface area (Å²) in [5.41, 5.74) is 7.62. The number of amidine groups is 1. The Bertz CT molecular complexity index is 1530. The van der Waals surface area contributed by atoms with Gasteiger partial charge in [0.2, 0.25) is 0 Å². The number of nitrogens with one attached hydrogen (secondary N) is 1. The zero-order valence-corrected chi connectivity index (χ0v) is 26.8. The number of β-amino-alcohol motifs (C(OH)–C–C–N with tert-alkyl or cyclic N) is 2. The molecule has 5 N–H and O–H groups in total. The number of aliphatic imine (C=N–C) groups is 2. The fourth-order valence-electron chi connectivity index (χ4n) is 6.51. The van der Waals surface area contributed by atoms with E-state index in [2.05, 4.69) is 22.9 Å². The average Bonchev–Trinajstić information content (AvgIpc) is 3.68. The molecule has 2 saturated heterocycles. The van der Waals surface area contributed by atoms with Gasteiger partial charge < -0.3 is 35.5 Å². The molecule has 13 heteroatoms. The number of nitrogens with zero attached hydrogens (tertiary/aromatic N) is 7. The van der Waals surface area contributed by atoms with Crippen molar-refractivity contribution in [1.82, 2.24) is 19.6 Å². The van der Waals surface area contributed by atoms with Crippen LogP contribution in [-0.4, -0.2) is 130 Å². The fourth-order valence-corrected chi connectivity index (χ4v) is 6.51. The lowest BCUT2D eigenvalue weighted by atomic mass is 9.88. The molecule has 4 aliphatic rings. The van der Waals surface area contributed by atoms with Gasteiger partial charge in [-0.05, 0) is 69.0 Å². The third kappa shape index (κ3) is 7.96. The Hall–Kier alpha value is -4.80. The number of piperidine rings is 2. The summed E-state index contributed by atoms with van der Waals surface area (Å²) in [5.74, 6) is -0.00112. The Balaban J connectivity index is 0.000000186. The predicted molar refractivity (Wildman–Crippen MR) is 178 cm³/mol. The number of nitrogen functional groups attached to an aromatic ring is 1. The molecule has 4 heterocycles. The van der Waals surface area contributed by atoms with Crippen LogP contribution in [-0.2, 0) is 0 Å². The van der Waals surface area contributed by atoms with E-state index >= 15 is 0 Å². The minimum Gasteiger partial charge on any atom is -0.384 e. The number of rotatable bonds is 6. The van der Waals surface area contributed by atoms with Crippen LogP contribution in [0.3, 0.4) is 0 Å². The first-order chi connectivity index (χ1) is 22.5. The summed E-state index contributed by atoms with van der Waals surface area (Å²) < 4.78 is 0. The maximum absolute atomic E-state index is 12.6. The molecule has 0 aliphatic carbocycles. The van der Waals surface area contributed by atoms with E-state index in [1.165, 1.54) is 0 Å². The maximum atomic E-state index is 12.6. The molecule has 0 aromatic heterocycles. The second-order valence-electron chi connectivity index (χ2n) is 12.7. The van der Waals surface area contributed by atoms with Gasteiger partial charge in [0.15, 0.2) is 6.29 Å². The van der Waals surface area contributed by atoms with Gasteiger partial charge in [0.1, 0.15) is 5.84 Å². The van der Waals surface area contributed by atoms with E-state index in [-0.39, 0.29) is 35.3 Å². The summed E-state index contributed by atoms with van der Waals surface area (Å²) in [6.45, 7) is 7.61. The molecular formula is C34H43N9O4. The second-order valence-corrected chi connectivity index (χ2v) is 12.7. The van der Waals surface area contributed by atoms with Crippen LogP contribution < -0.4 is 5.73 Å². The van der Waals surface area contributed by atoms with Gasteiger partial charge in [-0.2, -0.15) is 5.26 Å². The van der Waals surface area contributed by atoms with E-state index in [1.807, 2.05) is 21.0 Å². The molecule has 0 bridgehead atoms. The molecule has 2 fully saturated rings. The molecule has 6 rings (SSSR count). The second kappa shape index (κ2) is 14.3. The van der Waals surface area contributed by atoms with Crippen LogP contribution in [0.5, 0.6) is 0 Å². The van der Waals surface area contributed by atoms with Gasteiger partial charge in [-0.15, -0.1) is 0 Å². The summed E-state index contributed by atoms with van der Waals surface area (Å²) in [6, 6.07) is 15.7. The number of aliphatic hydroxyl groups is 2. The van der Waals surface area contributed by atoms with E-state index in [9.17, 15) is 9.59 Å². The van der Waals surface area contributed by atoms with Gasteiger partial charge in [-0.1, -0.05) is 12.1 Å². The number of nitriles is 1. The summed E-state index contributed by atoms with van der Waals surface area (Å²) in [4.78, 5) is 42.1. The Morgan fingerprint density at radius 3 is 1.66 bits per heavy atom. The molecule has 4 aliphatic heterocycles. The SMILES string of the molecule is CCN1C=NC2(CCN(C(=O)c3ccc(C#N)cc3)CC2)C1.N=C(N)c1ccc(C(=O)N2CCC3(CC2)CN(CC(O)O)C=N3)cc1. The smallest absolute Gasteiger partial charge is 0.253 e. The minimum absolute atomic E-state index is 0.0114. The molecule has 0 radical (unpaired) electrons. The van der Waals surface area contributed by atoms with Gasteiger partial charge >= 0.3 is 0 Å². The Labute approximate surface area is 275 Å². The highest BCUT2D eigenvalue weighted by molar-refractivity contribution is 5.98. The molecule has 47 heavy (non-hydrogen) atoms. The standard InChI is InChI=1S/C17H23N5O3.C17H20N4O/c18-15(19)12-1-3-13(4-2-12)16(25)22-7-5-17(6-8-22)10-21(11-20-17)9-14(23)24;1-2-20-12-17(19-13-20)7-9-21(10-8-17)16(22)15-5-3-14(11-18)4-6-15/h1-4,11,14,23-24H,5-10H2,(H3,18,19);3-6,13H,2,7-10,12H2,1H3. The molecule has 248 valence electrons. The number of benzene rings is 2. The van der Waals surface area contributed by atoms with E-state index in [0.29, 0.717) is 41.9 Å². The number of hydrogen-bond donors (Lipinski definition) is 4. The lowest BCUT2D eigenvalue weighted by molar-refractivity contribution is -0.0512.